The van der Waals surface area contributed by atoms with E-state index in [1.807, 2.05) is 18.4 Å². The molecule has 1 fully saturated rings. The lowest BCUT2D eigenvalue weighted by Crippen LogP contribution is -2.39. The molecule has 0 saturated carbocycles. The first-order chi connectivity index (χ1) is 9.99. The Hall–Kier alpha value is -0.730. The van der Waals surface area contributed by atoms with Gasteiger partial charge in [0.1, 0.15) is 5.82 Å². The third-order valence-electron chi connectivity index (χ3n) is 4.07. The van der Waals surface area contributed by atoms with Crippen molar-refractivity contribution in [3.05, 3.63) is 10.6 Å². The normalized spacial score (nSPS) is 18.2. The van der Waals surface area contributed by atoms with Gasteiger partial charge in [-0.3, -0.25) is 5.10 Å². The summed E-state index contributed by atoms with van der Waals surface area (Å²) in [7, 11) is -3.08. The standard InChI is InChI=1S/C13H24N4O2S2/c1-3-5-10-21(18,19)16-8-6-11(7-9-16)12-14-15-13(20)17(12)4-2/h11H,3-10H2,1-2H3,(H,15,20). The fourth-order valence-corrected chi connectivity index (χ4v) is 4.74. The fourth-order valence-electron chi connectivity index (χ4n) is 2.80. The van der Waals surface area contributed by atoms with Gasteiger partial charge in [-0.25, -0.2) is 12.7 Å². The number of hydrogen-bond acceptors (Lipinski definition) is 4. The van der Waals surface area contributed by atoms with Gasteiger partial charge in [0.15, 0.2) is 4.77 Å². The second-order valence-corrected chi connectivity index (χ2v) is 7.95. The molecule has 1 aliphatic heterocycles. The van der Waals surface area contributed by atoms with Crippen molar-refractivity contribution in [3.8, 4) is 0 Å². The number of nitrogens with zero attached hydrogens (tertiary/aromatic N) is 3. The summed E-state index contributed by atoms with van der Waals surface area (Å²) in [6.07, 6.45) is 3.26. The molecule has 0 amide bonds. The molecular weight excluding hydrogens is 308 g/mol. The first kappa shape index (κ1) is 16.6. The zero-order valence-corrected chi connectivity index (χ0v) is 14.3. The zero-order valence-electron chi connectivity index (χ0n) is 12.7. The molecule has 0 aliphatic carbocycles. The zero-order chi connectivity index (χ0) is 15.5. The minimum absolute atomic E-state index is 0.266. The Kier molecular flexibility index (Phi) is 5.56. The molecule has 120 valence electrons. The molecule has 1 aromatic rings. The SMILES string of the molecule is CCCCS(=O)(=O)N1CCC(c2n[nH]c(=S)n2CC)CC1. The summed E-state index contributed by atoms with van der Waals surface area (Å²) in [5.41, 5.74) is 0. The molecule has 0 radical (unpaired) electrons. The van der Waals surface area contributed by atoms with Gasteiger partial charge in [0.05, 0.1) is 5.75 Å². The average molecular weight is 332 g/mol. The van der Waals surface area contributed by atoms with Crippen LogP contribution in [0.2, 0.25) is 0 Å². The van der Waals surface area contributed by atoms with Gasteiger partial charge in [-0.15, -0.1) is 0 Å². The van der Waals surface area contributed by atoms with Crippen molar-refractivity contribution in [2.75, 3.05) is 18.8 Å². The third-order valence-corrected chi connectivity index (χ3v) is 6.34. The Labute approximate surface area is 131 Å². The molecule has 8 heteroatoms. The van der Waals surface area contributed by atoms with Gasteiger partial charge in [-0.1, -0.05) is 13.3 Å². The lowest BCUT2D eigenvalue weighted by atomic mass is 9.97. The van der Waals surface area contributed by atoms with E-state index in [0.29, 0.717) is 17.9 Å². The molecular formula is C13H24N4O2S2. The third kappa shape index (κ3) is 3.73. The Bertz CT molecular complexity index is 612. The minimum atomic E-state index is -3.08. The van der Waals surface area contributed by atoms with Gasteiger partial charge < -0.3 is 4.57 Å². The number of hydrogen-bond donors (Lipinski definition) is 1. The first-order valence-corrected chi connectivity index (χ1v) is 9.64. The van der Waals surface area contributed by atoms with E-state index < -0.39 is 10.0 Å². The average Bonchev–Trinajstić information content (AvgIpc) is 2.86. The molecule has 0 atom stereocenters. The van der Waals surface area contributed by atoms with Gasteiger partial charge in [0.2, 0.25) is 10.0 Å². The maximum Gasteiger partial charge on any atom is 0.214 e. The molecule has 1 N–H and O–H groups in total. The van der Waals surface area contributed by atoms with Gasteiger partial charge in [0.25, 0.3) is 0 Å². The number of nitrogens with one attached hydrogen (secondary N) is 1. The van der Waals surface area contributed by atoms with Crippen LogP contribution in [0.15, 0.2) is 0 Å². The van der Waals surface area contributed by atoms with E-state index >= 15 is 0 Å². The van der Waals surface area contributed by atoms with Crippen molar-refractivity contribution in [2.45, 2.75) is 52.0 Å². The van der Waals surface area contributed by atoms with Crippen molar-refractivity contribution in [1.82, 2.24) is 19.1 Å². The highest BCUT2D eigenvalue weighted by Gasteiger charge is 2.30. The van der Waals surface area contributed by atoms with E-state index in [2.05, 4.69) is 10.2 Å². The monoisotopic (exact) mass is 332 g/mol. The van der Waals surface area contributed by atoms with Crippen LogP contribution in [0.4, 0.5) is 0 Å². The first-order valence-electron chi connectivity index (χ1n) is 7.62. The lowest BCUT2D eigenvalue weighted by Gasteiger charge is -2.30. The fraction of sp³-hybridized carbons (Fsp3) is 0.846. The largest absolute Gasteiger partial charge is 0.304 e. The van der Waals surface area contributed by atoms with Crippen LogP contribution in [0.5, 0.6) is 0 Å². The van der Waals surface area contributed by atoms with Gasteiger partial charge in [-0.2, -0.15) is 5.10 Å². The molecule has 1 aliphatic rings. The molecule has 21 heavy (non-hydrogen) atoms. The number of sulfonamides is 1. The van der Waals surface area contributed by atoms with Crippen LogP contribution >= 0.6 is 12.2 Å². The van der Waals surface area contributed by atoms with Crippen LogP contribution in [0.3, 0.4) is 0 Å². The Morgan fingerprint density at radius 1 is 1.33 bits per heavy atom. The van der Waals surface area contributed by atoms with Gasteiger partial charge >= 0.3 is 0 Å². The second kappa shape index (κ2) is 7.02. The van der Waals surface area contributed by atoms with E-state index in [0.717, 1.165) is 38.1 Å². The predicted molar refractivity (Wildman–Crippen MR) is 85.3 cm³/mol. The second-order valence-electron chi connectivity index (χ2n) is 5.47. The Balaban J connectivity index is 2.02. The number of H-pyrrole nitrogens is 1. The molecule has 0 bridgehead atoms. The van der Waals surface area contributed by atoms with E-state index in [1.165, 1.54) is 0 Å². The van der Waals surface area contributed by atoms with Crippen LogP contribution in [-0.4, -0.2) is 46.3 Å². The van der Waals surface area contributed by atoms with E-state index in [1.54, 1.807) is 4.31 Å². The summed E-state index contributed by atoms with van der Waals surface area (Å²) in [5, 5.41) is 7.16. The Morgan fingerprint density at radius 3 is 2.57 bits per heavy atom. The summed E-state index contributed by atoms with van der Waals surface area (Å²) in [5.74, 6) is 1.52. The molecule has 6 nitrogen and oxygen atoms in total. The summed E-state index contributed by atoms with van der Waals surface area (Å²) < 4.78 is 28.7. The van der Waals surface area contributed by atoms with Crippen LogP contribution in [0.25, 0.3) is 0 Å². The highest BCUT2D eigenvalue weighted by molar-refractivity contribution is 7.89. The number of rotatable bonds is 6. The van der Waals surface area contributed by atoms with Crippen molar-refractivity contribution >= 4 is 22.2 Å². The van der Waals surface area contributed by atoms with Crippen LogP contribution < -0.4 is 0 Å². The molecule has 2 heterocycles. The van der Waals surface area contributed by atoms with Crippen molar-refractivity contribution in [1.29, 1.82) is 0 Å². The van der Waals surface area contributed by atoms with E-state index in [-0.39, 0.29) is 11.7 Å². The van der Waals surface area contributed by atoms with Crippen molar-refractivity contribution in [2.24, 2.45) is 0 Å². The van der Waals surface area contributed by atoms with Crippen molar-refractivity contribution in [3.63, 3.8) is 0 Å². The smallest absolute Gasteiger partial charge is 0.214 e. The molecule has 0 spiro atoms. The maximum atomic E-state index is 12.2. The number of piperidine rings is 1. The number of unbranched alkanes of at least 4 members (excludes halogenated alkanes) is 1. The quantitative estimate of drug-likeness (QED) is 0.811. The van der Waals surface area contributed by atoms with E-state index in [4.69, 9.17) is 12.2 Å². The molecule has 0 aromatic carbocycles. The van der Waals surface area contributed by atoms with Crippen LogP contribution in [0.1, 0.15) is 51.3 Å². The number of aromatic nitrogens is 3. The summed E-state index contributed by atoms with van der Waals surface area (Å²) in [4.78, 5) is 0. The summed E-state index contributed by atoms with van der Waals surface area (Å²) in [6, 6.07) is 0. The van der Waals surface area contributed by atoms with Crippen LogP contribution in [0, 0.1) is 4.77 Å². The summed E-state index contributed by atoms with van der Waals surface area (Å²) >= 11 is 5.21. The molecule has 2 rings (SSSR count). The molecule has 1 aromatic heterocycles. The van der Waals surface area contributed by atoms with Gasteiger partial charge in [-0.05, 0) is 38.4 Å². The highest BCUT2D eigenvalue weighted by atomic mass is 32.2. The number of aromatic amines is 1. The van der Waals surface area contributed by atoms with Gasteiger partial charge in [0, 0.05) is 25.6 Å². The van der Waals surface area contributed by atoms with Crippen LogP contribution in [-0.2, 0) is 16.6 Å². The predicted octanol–water partition coefficient (Wildman–Crippen LogP) is 2.27. The molecule has 0 unspecified atom stereocenters. The van der Waals surface area contributed by atoms with E-state index in [9.17, 15) is 8.42 Å². The van der Waals surface area contributed by atoms with Crippen molar-refractivity contribution < 1.29 is 8.42 Å². The lowest BCUT2D eigenvalue weighted by molar-refractivity contribution is 0.309. The minimum Gasteiger partial charge on any atom is -0.304 e. The topological polar surface area (TPSA) is 71.0 Å². The Morgan fingerprint density at radius 2 is 2.00 bits per heavy atom. The maximum absolute atomic E-state index is 12.2. The summed E-state index contributed by atoms with van der Waals surface area (Å²) in [6.45, 7) is 6.01. The molecule has 1 saturated heterocycles. The highest BCUT2D eigenvalue weighted by Crippen LogP contribution is 2.28.